The maximum Gasteiger partial charge on any atom is 0.254 e. The summed E-state index contributed by atoms with van der Waals surface area (Å²) in [4.78, 5) is 42.6. The summed E-state index contributed by atoms with van der Waals surface area (Å²) in [5.74, 6) is 0.813. The number of anilines is 2. The molecule has 1 aliphatic rings. The molecule has 0 bridgehead atoms. The minimum Gasteiger partial charge on any atom is -0.354 e. The molecule has 9 nitrogen and oxygen atoms in total. The molecule has 36 heavy (non-hydrogen) atoms. The molecule has 1 fully saturated rings. The monoisotopic (exact) mass is 481 g/mol. The van der Waals surface area contributed by atoms with E-state index in [1.165, 1.54) is 28.9 Å². The average Bonchev–Trinajstić information content (AvgIpc) is 2.91. The van der Waals surface area contributed by atoms with Crippen LogP contribution in [0.2, 0.25) is 0 Å². The molecule has 9 heteroatoms. The number of carbonyl (C=O) groups is 1. The molecule has 5 rings (SSSR count). The van der Waals surface area contributed by atoms with E-state index >= 15 is 0 Å². The molecule has 0 radical (unpaired) electrons. The number of nitrogens with one attached hydrogen (secondary N) is 1. The van der Waals surface area contributed by atoms with Gasteiger partial charge in [-0.3, -0.25) is 19.1 Å². The number of benzene rings is 2. The van der Waals surface area contributed by atoms with E-state index in [4.69, 9.17) is 0 Å². The largest absolute Gasteiger partial charge is 0.354 e. The maximum atomic E-state index is 12.6. The minimum absolute atomic E-state index is 0.154. The van der Waals surface area contributed by atoms with Gasteiger partial charge >= 0.3 is 0 Å². The van der Waals surface area contributed by atoms with Gasteiger partial charge in [0.25, 0.3) is 5.56 Å². The summed E-state index contributed by atoms with van der Waals surface area (Å²) in [7, 11) is 0. The third-order valence-corrected chi connectivity index (χ3v) is 6.13. The van der Waals surface area contributed by atoms with E-state index in [9.17, 15) is 9.59 Å². The molecular formula is C27H27N7O2. The molecule has 3 heterocycles. The molecule has 2 aromatic carbocycles. The second kappa shape index (κ2) is 10.9. The van der Waals surface area contributed by atoms with Crippen LogP contribution in [0, 0.1) is 0 Å². The maximum absolute atomic E-state index is 12.6. The van der Waals surface area contributed by atoms with Crippen molar-refractivity contribution in [1.29, 1.82) is 0 Å². The highest BCUT2D eigenvalue weighted by molar-refractivity contribution is 5.89. The van der Waals surface area contributed by atoms with Crippen LogP contribution >= 0.6 is 0 Å². The first-order chi connectivity index (χ1) is 17.6. The first-order valence-corrected chi connectivity index (χ1v) is 11.9. The fourth-order valence-corrected chi connectivity index (χ4v) is 4.21. The quantitative estimate of drug-likeness (QED) is 0.434. The van der Waals surface area contributed by atoms with Crippen LogP contribution in [0.5, 0.6) is 0 Å². The molecule has 1 N–H and O–H groups in total. The van der Waals surface area contributed by atoms with E-state index < -0.39 is 0 Å². The first-order valence-electron chi connectivity index (χ1n) is 11.9. The van der Waals surface area contributed by atoms with E-state index in [0.717, 1.165) is 44.1 Å². The van der Waals surface area contributed by atoms with Gasteiger partial charge in [0.05, 0.1) is 12.0 Å². The van der Waals surface area contributed by atoms with Crippen LogP contribution in [0.1, 0.15) is 5.56 Å². The highest BCUT2D eigenvalue weighted by Crippen LogP contribution is 2.18. The Morgan fingerprint density at radius 2 is 1.58 bits per heavy atom. The van der Waals surface area contributed by atoms with E-state index in [-0.39, 0.29) is 18.0 Å². The standard InChI is InChI=1S/C27H27N7O2/c35-26(18-34-20-30-23(15-27(34)36)22-9-5-2-6-10-22)31-24-16-25(29-19-28-24)33-13-11-32(12-14-33)17-21-7-3-1-4-8-21/h1-10,15-16,19-20H,11-14,17-18H2,(H,28,29,31,35). The van der Waals surface area contributed by atoms with Gasteiger partial charge in [0.2, 0.25) is 5.91 Å². The fourth-order valence-electron chi connectivity index (χ4n) is 4.21. The van der Waals surface area contributed by atoms with Gasteiger partial charge < -0.3 is 10.2 Å². The van der Waals surface area contributed by atoms with Crippen molar-refractivity contribution < 1.29 is 4.79 Å². The molecule has 0 saturated carbocycles. The lowest BCUT2D eigenvalue weighted by atomic mass is 10.1. The summed E-state index contributed by atoms with van der Waals surface area (Å²) >= 11 is 0. The highest BCUT2D eigenvalue weighted by Gasteiger charge is 2.19. The fraction of sp³-hybridized carbons (Fsp3) is 0.222. The number of hydrogen-bond donors (Lipinski definition) is 1. The Hall–Kier alpha value is -4.37. The van der Waals surface area contributed by atoms with Gasteiger partial charge in [-0.25, -0.2) is 15.0 Å². The van der Waals surface area contributed by atoms with Crippen LogP contribution < -0.4 is 15.8 Å². The Kier molecular flexibility index (Phi) is 7.09. The van der Waals surface area contributed by atoms with Crippen LogP contribution in [0.4, 0.5) is 11.6 Å². The average molecular weight is 482 g/mol. The van der Waals surface area contributed by atoms with Gasteiger partial charge in [0.15, 0.2) is 0 Å². The summed E-state index contributed by atoms with van der Waals surface area (Å²) in [6.45, 7) is 4.31. The Balaban J connectivity index is 1.17. The molecule has 2 aromatic heterocycles. The number of amides is 1. The number of hydrogen-bond acceptors (Lipinski definition) is 7. The summed E-state index contributed by atoms with van der Waals surface area (Å²) in [6.07, 6.45) is 2.84. The molecule has 0 spiro atoms. The van der Waals surface area contributed by atoms with Gasteiger partial charge in [-0.15, -0.1) is 0 Å². The van der Waals surface area contributed by atoms with Gasteiger partial charge in [-0.05, 0) is 5.56 Å². The van der Waals surface area contributed by atoms with E-state index in [1.54, 1.807) is 6.07 Å². The first kappa shape index (κ1) is 23.4. The van der Waals surface area contributed by atoms with Crippen molar-refractivity contribution in [3.8, 4) is 11.3 Å². The summed E-state index contributed by atoms with van der Waals surface area (Å²) in [6, 6.07) is 23.1. The molecule has 1 amide bonds. The second-order valence-corrected chi connectivity index (χ2v) is 8.66. The van der Waals surface area contributed by atoms with Gasteiger partial charge in [0, 0.05) is 50.4 Å². The molecular weight excluding hydrogens is 454 g/mol. The number of carbonyl (C=O) groups excluding carboxylic acids is 1. The lowest BCUT2D eigenvalue weighted by Gasteiger charge is -2.35. The van der Waals surface area contributed by atoms with Crippen molar-refractivity contribution >= 4 is 17.5 Å². The minimum atomic E-state index is -0.358. The second-order valence-electron chi connectivity index (χ2n) is 8.66. The summed E-state index contributed by atoms with van der Waals surface area (Å²) < 4.78 is 1.27. The van der Waals surface area contributed by atoms with Gasteiger partial charge in [0.1, 0.15) is 24.5 Å². The Labute approximate surface area is 209 Å². The van der Waals surface area contributed by atoms with Crippen molar-refractivity contribution in [1.82, 2.24) is 24.4 Å². The number of aromatic nitrogens is 4. The van der Waals surface area contributed by atoms with Gasteiger partial charge in [-0.2, -0.15) is 0 Å². The molecule has 1 saturated heterocycles. The molecule has 0 unspecified atom stereocenters. The van der Waals surface area contributed by atoms with Crippen LogP contribution in [0.25, 0.3) is 11.3 Å². The molecule has 4 aromatic rings. The number of rotatable bonds is 7. The number of piperazine rings is 1. The van der Waals surface area contributed by atoms with Crippen LogP contribution in [-0.4, -0.2) is 56.5 Å². The zero-order valence-corrected chi connectivity index (χ0v) is 19.8. The lowest BCUT2D eigenvalue weighted by Crippen LogP contribution is -2.46. The molecule has 0 aliphatic carbocycles. The smallest absolute Gasteiger partial charge is 0.254 e. The third kappa shape index (κ3) is 5.81. The van der Waals surface area contributed by atoms with E-state index in [1.807, 2.05) is 36.4 Å². The zero-order chi connectivity index (χ0) is 24.7. The molecule has 0 atom stereocenters. The Bertz CT molecular complexity index is 1370. The normalized spacial score (nSPS) is 13.9. The predicted octanol–water partition coefficient (Wildman–Crippen LogP) is 2.66. The SMILES string of the molecule is O=C(Cn1cnc(-c2ccccc2)cc1=O)Nc1cc(N2CCN(Cc3ccccc3)CC2)ncn1. The third-order valence-electron chi connectivity index (χ3n) is 6.13. The van der Waals surface area contributed by atoms with Crippen LogP contribution in [-0.2, 0) is 17.9 Å². The Morgan fingerprint density at radius 3 is 2.31 bits per heavy atom. The van der Waals surface area contributed by atoms with E-state index in [0.29, 0.717) is 11.5 Å². The highest BCUT2D eigenvalue weighted by atomic mass is 16.2. The lowest BCUT2D eigenvalue weighted by molar-refractivity contribution is -0.116. The van der Waals surface area contributed by atoms with Crippen molar-refractivity contribution in [2.75, 3.05) is 36.4 Å². The van der Waals surface area contributed by atoms with Crippen molar-refractivity contribution in [2.24, 2.45) is 0 Å². The van der Waals surface area contributed by atoms with E-state index in [2.05, 4.69) is 54.3 Å². The molecule has 1 aliphatic heterocycles. The zero-order valence-electron chi connectivity index (χ0n) is 19.8. The topological polar surface area (TPSA) is 96.2 Å². The number of nitrogens with zero attached hydrogens (tertiary/aromatic N) is 6. The van der Waals surface area contributed by atoms with Crippen molar-refractivity contribution in [3.05, 3.63) is 101 Å². The summed E-state index contributed by atoms with van der Waals surface area (Å²) in [5, 5.41) is 2.77. The predicted molar refractivity (Wildman–Crippen MR) is 139 cm³/mol. The van der Waals surface area contributed by atoms with Crippen LogP contribution in [0.15, 0.2) is 90.2 Å². The summed E-state index contributed by atoms with van der Waals surface area (Å²) in [5.41, 5.74) is 2.43. The van der Waals surface area contributed by atoms with Gasteiger partial charge in [-0.1, -0.05) is 60.7 Å². The van der Waals surface area contributed by atoms with Crippen molar-refractivity contribution in [3.63, 3.8) is 0 Å². The molecule has 182 valence electrons. The Morgan fingerprint density at radius 1 is 0.861 bits per heavy atom. The van der Waals surface area contributed by atoms with Crippen LogP contribution in [0.3, 0.4) is 0 Å². The van der Waals surface area contributed by atoms with Crippen molar-refractivity contribution in [2.45, 2.75) is 13.1 Å².